The van der Waals surface area contributed by atoms with Crippen LogP contribution in [0.1, 0.15) is 49.1 Å². The van der Waals surface area contributed by atoms with Gasteiger partial charge in [-0.3, -0.25) is 18.5 Å². The number of hydrogen-bond acceptors (Lipinski definition) is 4. The molecule has 0 aliphatic heterocycles. The topological polar surface area (TPSA) is 71.1 Å². The highest BCUT2D eigenvalue weighted by Gasteiger charge is 2.24. The molecule has 5 rings (SSSR count). The summed E-state index contributed by atoms with van der Waals surface area (Å²) in [4.78, 5) is 30.2. The first kappa shape index (κ1) is 23.4. The summed E-state index contributed by atoms with van der Waals surface area (Å²) < 4.78 is 24.8. The van der Waals surface area contributed by atoms with Crippen LogP contribution in [0.4, 0.5) is 4.39 Å². The van der Waals surface area contributed by atoms with Crippen molar-refractivity contribution in [1.82, 2.24) is 18.7 Å². The molecular formula is C26H26ClFN4O3. The van der Waals surface area contributed by atoms with Crippen molar-refractivity contribution in [3.63, 3.8) is 0 Å². The predicted octanol–water partition coefficient (Wildman–Crippen LogP) is 5.11. The monoisotopic (exact) mass is 496 g/mol. The maximum atomic E-state index is 14.6. The van der Waals surface area contributed by atoms with E-state index in [2.05, 4.69) is 4.98 Å². The fourth-order valence-electron chi connectivity index (χ4n) is 4.89. The van der Waals surface area contributed by atoms with Gasteiger partial charge in [0, 0.05) is 24.7 Å². The first-order chi connectivity index (χ1) is 16.8. The summed E-state index contributed by atoms with van der Waals surface area (Å²) in [5.74, 6) is 0.489. The number of aromatic nitrogens is 4. The van der Waals surface area contributed by atoms with Crippen LogP contribution in [0.2, 0.25) is 5.02 Å². The molecule has 0 atom stereocenters. The Morgan fingerprint density at radius 1 is 1.06 bits per heavy atom. The molecule has 2 heterocycles. The molecule has 4 aromatic rings. The number of imidazole rings is 1. The lowest BCUT2D eigenvalue weighted by molar-refractivity contribution is 0.393. The fraction of sp³-hybridized carbons (Fsp3) is 0.346. The molecule has 7 nitrogen and oxygen atoms in total. The van der Waals surface area contributed by atoms with Crippen LogP contribution in [0.5, 0.6) is 11.8 Å². The number of ether oxygens (including phenoxy) is 1. The van der Waals surface area contributed by atoms with E-state index in [1.54, 1.807) is 37.4 Å². The quantitative estimate of drug-likeness (QED) is 0.385. The summed E-state index contributed by atoms with van der Waals surface area (Å²) >= 11 is 6.34. The van der Waals surface area contributed by atoms with Crippen LogP contribution in [0.25, 0.3) is 11.2 Å². The van der Waals surface area contributed by atoms with E-state index in [-0.39, 0.29) is 23.7 Å². The van der Waals surface area contributed by atoms with E-state index in [9.17, 15) is 14.0 Å². The number of fused-ring (bicyclic) bond motifs is 1. The Kier molecular flexibility index (Phi) is 6.23. The molecule has 1 aliphatic carbocycles. The van der Waals surface area contributed by atoms with Gasteiger partial charge >= 0.3 is 11.7 Å². The molecule has 2 aromatic carbocycles. The molecule has 9 heteroatoms. The Morgan fingerprint density at radius 2 is 1.80 bits per heavy atom. The second kappa shape index (κ2) is 9.34. The zero-order valence-corrected chi connectivity index (χ0v) is 20.4. The van der Waals surface area contributed by atoms with Gasteiger partial charge < -0.3 is 4.74 Å². The molecule has 2 aromatic heterocycles. The van der Waals surface area contributed by atoms with E-state index in [0.717, 1.165) is 35.8 Å². The molecule has 0 amide bonds. The van der Waals surface area contributed by atoms with Crippen molar-refractivity contribution in [2.45, 2.75) is 44.6 Å². The number of benzene rings is 2. The van der Waals surface area contributed by atoms with E-state index >= 15 is 0 Å². The first-order valence-corrected chi connectivity index (χ1v) is 12.1. The molecule has 1 saturated carbocycles. The van der Waals surface area contributed by atoms with E-state index < -0.39 is 17.1 Å². The van der Waals surface area contributed by atoms with E-state index in [4.69, 9.17) is 16.3 Å². The first-order valence-electron chi connectivity index (χ1n) is 11.7. The van der Waals surface area contributed by atoms with Gasteiger partial charge in [0.1, 0.15) is 11.6 Å². The molecule has 0 radical (unpaired) electrons. The molecule has 0 spiro atoms. The normalized spacial score (nSPS) is 14.5. The average Bonchev–Trinajstić information content (AvgIpc) is 3.22. The van der Waals surface area contributed by atoms with Crippen LogP contribution in [0.3, 0.4) is 0 Å². The van der Waals surface area contributed by atoms with Gasteiger partial charge in [0.05, 0.1) is 6.54 Å². The van der Waals surface area contributed by atoms with E-state index in [0.29, 0.717) is 22.3 Å². The minimum Gasteiger partial charge on any atom is -0.425 e. The number of rotatable bonds is 5. The van der Waals surface area contributed by atoms with Crippen molar-refractivity contribution in [2.75, 3.05) is 0 Å². The van der Waals surface area contributed by atoms with Crippen molar-refractivity contribution >= 4 is 22.8 Å². The molecule has 0 saturated heterocycles. The van der Waals surface area contributed by atoms with E-state index in [1.807, 2.05) is 6.07 Å². The Morgan fingerprint density at radius 3 is 2.54 bits per heavy atom. The SMILES string of the molecule is Cn1c(=O)c2c(nc(Oc3ccc(Cl)cc3C3CCCCC3)n2Cc2ccccc2F)n(C)c1=O. The van der Waals surface area contributed by atoms with Crippen molar-refractivity contribution in [2.24, 2.45) is 14.1 Å². The second-order valence-electron chi connectivity index (χ2n) is 9.07. The summed E-state index contributed by atoms with van der Waals surface area (Å²) in [6, 6.07) is 11.9. The van der Waals surface area contributed by atoms with Crippen LogP contribution >= 0.6 is 11.6 Å². The van der Waals surface area contributed by atoms with Gasteiger partial charge in [0.2, 0.25) is 0 Å². The molecule has 35 heavy (non-hydrogen) atoms. The molecule has 1 aliphatic rings. The summed E-state index contributed by atoms with van der Waals surface area (Å²) in [7, 11) is 2.95. The van der Waals surface area contributed by atoms with Crippen LogP contribution in [-0.4, -0.2) is 18.7 Å². The van der Waals surface area contributed by atoms with Crippen LogP contribution in [0, 0.1) is 5.82 Å². The van der Waals surface area contributed by atoms with Gasteiger partial charge in [-0.2, -0.15) is 4.98 Å². The summed E-state index contributed by atoms with van der Waals surface area (Å²) in [5, 5.41) is 0.619. The third-order valence-electron chi connectivity index (χ3n) is 6.82. The van der Waals surface area contributed by atoms with Crippen molar-refractivity contribution < 1.29 is 9.13 Å². The highest BCUT2D eigenvalue weighted by molar-refractivity contribution is 6.30. The van der Waals surface area contributed by atoms with Gasteiger partial charge in [-0.25, -0.2) is 9.18 Å². The van der Waals surface area contributed by atoms with Crippen molar-refractivity contribution in [1.29, 1.82) is 0 Å². The molecule has 0 bridgehead atoms. The lowest BCUT2D eigenvalue weighted by Gasteiger charge is -2.24. The van der Waals surface area contributed by atoms with Crippen LogP contribution in [-0.2, 0) is 20.6 Å². The minimum atomic E-state index is -0.523. The van der Waals surface area contributed by atoms with Crippen LogP contribution in [0.15, 0.2) is 52.1 Å². The van der Waals surface area contributed by atoms with Crippen molar-refractivity contribution in [3.05, 3.63) is 85.3 Å². The fourth-order valence-corrected chi connectivity index (χ4v) is 5.07. The van der Waals surface area contributed by atoms with Crippen LogP contribution < -0.4 is 16.0 Å². The number of halogens is 2. The van der Waals surface area contributed by atoms with Gasteiger partial charge in [-0.15, -0.1) is 0 Å². The van der Waals surface area contributed by atoms with Gasteiger partial charge in [-0.05, 0) is 48.6 Å². The molecular weight excluding hydrogens is 471 g/mol. The van der Waals surface area contributed by atoms with E-state index in [1.165, 1.54) is 28.7 Å². The number of aryl methyl sites for hydroxylation is 1. The maximum Gasteiger partial charge on any atom is 0.332 e. The summed E-state index contributed by atoms with van der Waals surface area (Å²) in [5.41, 5.74) is 0.683. The minimum absolute atomic E-state index is 0.0122. The molecule has 1 fully saturated rings. The largest absolute Gasteiger partial charge is 0.425 e. The van der Waals surface area contributed by atoms with Gasteiger partial charge in [-0.1, -0.05) is 49.1 Å². The number of hydrogen-bond donors (Lipinski definition) is 0. The lowest BCUT2D eigenvalue weighted by atomic mass is 9.84. The molecule has 0 N–H and O–H groups in total. The Labute approximate surface area is 206 Å². The standard InChI is InChI=1S/C26H26ClFN4O3/c1-30-23-22(24(33)31(2)26(30)34)32(15-17-10-6-7-11-20(17)28)25(29-23)35-21-13-12-18(27)14-19(21)16-8-4-3-5-9-16/h6-7,10-14,16H,3-5,8-9,15H2,1-2H3. The zero-order valence-electron chi connectivity index (χ0n) is 19.6. The Bertz CT molecular complexity index is 1530. The maximum absolute atomic E-state index is 14.6. The summed E-state index contributed by atoms with van der Waals surface area (Å²) in [6.07, 6.45) is 5.57. The third kappa shape index (κ3) is 4.27. The molecule has 182 valence electrons. The lowest BCUT2D eigenvalue weighted by Crippen LogP contribution is -2.37. The highest BCUT2D eigenvalue weighted by Crippen LogP contribution is 2.40. The number of nitrogens with zero attached hydrogens (tertiary/aromatic N) is 4. The zero-order chi connectivity index (χ0) is 24.7. The van der Waals surface area contributed by atoms with Gasteiger partial charge in [0.15, 0.2) is 11.2 Å². The Balaban J connectivity index is 1.69. The predicted molar refractivity (Wildman–Crippen MR) is 133 cm³/mol. The highest BCUT2D eigenvalue weighted by atomic mass is 35.5. The Hall–Kier alpha value is -3.39. The van der Waals surface area contributed by atoms with Crippen molar-refractivity contribution in [3.8, 4) is 11.8 Å². The second-order valence-corrected chi connectivity index (χ2v) is 9.51. The summed E-state index contributed by atoms with van der Waals surface area (Å²) in [6.45, 7) is 0.0122. The van der Waals surface area contributed by atoms with Gasteiger partial charge in [0.25, 0.3) is 5.56 Å². The molecule has 0 unspecified atom stereocenters. The average molecular weight is 497 g/mol. The smallest absolute Gasteiger partial charge is 0.332 e. The third-order valence-corrected chi connectivity index (χ3v) is 7.05.